The van der Waals surface area contributed by atoms with Gasteiger partial charge in [0.05, 0.1) is 0 Å². The van der Waals surface area contributed by atoms with Crippen molar-refractivity contribution in [1.82, 2.24) is 4.90 Å². The molecule has 1 atom stereocenters. The Balaban J connectivity index is 1.65. The molecule has 0 saturated carbocycles. The van der Waals surface area contributed by atoms with E-state index in [9.17, 15) is 9.59 Å². The molecule has 1 aliphatic rings. The standard InChI is InChI=1S/C20H22N2O2/c1-15-6-5-13-22(14-15)20(24)17-9-11-18(12-10-17)21-19(23)16-7-3-2-4-8-16/h2-4,7-12,15H,5-6,13-14H2,1H3,(H,21,23). The molecule has 2 amide bonds. The van der Waals surface area contributed by atoms with Crippen molar-refractivity contribution < 1.29 is 9.59 Å². The zero-order valence-electron chi connectivity index (χ0n) is 13.9. The Kier molecular flexibility index (Phi) is 4.94. The molecule has 0 spiro atoms. The van der Waals surface area contributed by atoms with E-state index in [-0.39, 0.29) is 11.8 Å². The lowest BCUT2D eigenvalue weighted by Gasteiger charge is -2.31. The van der Waals surface area contributed by atoms with E-state index in [0.717, 1.165) is 19.5 Å². The summed E-state index contributed by atoms with van der Waals surface area (Å²) < 4.78 is 0. The minimum atomic E-state index is -0.153. The van der Waals surface area contributed by atoms with Crippen molar-refractivity contribution in [3.8, 4) is 0 Å². The fourth-order valence-electron chi connectivity index (χ4n) is 3.05. The van der Waals surface area contributed by atoms with Gasteiger partial charge in [-0.2, -0.15) is 0 Å². The van der Waals surface area contributed by atoms with Crippen LogP contribution in [-0.2, 0) is 0 Å². The van der Waals surface area contributed by atoms with Crippen LogP contribution >= 0.6 is 0 Å². The molecule has 0 radical (unpaired) electrons. The van der Waals surface area contributed by atoms with Crippen LogP contribution < -0.4 is 5.32 Å². The number of carbonyl (C=O) groups excluding carboxylic acids is 2. The van der Waals surface area contributed by atoms with Crippen molar-refractivity contribution in [2.75, 3.05) is 18.4 Å². The number of hydrogen-bond acceptors (Lipinski definition) is 2. The number of benzene rings is 2. The van der Waals surface area contributed by atoms with Gasteiger partial charge in [-0.3, -0.25) is 9.59 Å². The summed E-state index contributed by atoms with van der Waals surface area (Å²) in [5.41, 5.74) is 1.97. The second kappa shape index (κ2) is 7.30. The van der Waals surface area contributed by atoms with Gasteiger partial charge in [0.25, 0.3) is 11.8 Å². The third kappa shape index (κ3) is 3.82. The van der Waals surface area contributed by atoms with Crippen molar-refractivity contribution in [3.05, 3.63) is 65.7 Å². The van der Waals surface area contributed by atoms with Crippen molar-refractivity contribution in [2.45, 2.75) is 19.8 Å². The maximum atomic E-state index is 12.5. The van der Waals surface area contributed by atoms with Gasteiger partial charge in [0.1, 0.15) is 0 Å². The normalized spacial score (nSPS) is 17.4. The van der Waals surface area contributed by atoms with Crippen LogP contribution in [0.3, 0.4) is 0 Å². The summed E-state index contributed by atoms with van der Waals surface area (Å²) in [4.78, 5) is 26.6. The molecular weight excluding hydrogens is 300 g/mol. The minimum Gasteiger partial charge on any atom is -0.338 e. The number of carbonyl (C=O) groups is 2. The maximum absolute atomic E-state index is 12.5. The van der Waals surface area contributed by atoms with Crippen LogP contribution in [0, 0.1) is 5.92 Å². The fourth-order valence-corrected chi connectivity index (χ4v) is 3.05. The number of nitrogens with one attached hydrogen (secondary N) is 1. The average molecular weight is 322 g/mol. The Labute approximate surface area is 142 Å². The summed E-state index contributed by atoms with van der Waals surface area (Å²) >= 11 is 0. The predicted molar refractivity (Wildman–Crippen MR) is 95.1 cm³/mol. The third-order valence-electron chi connectivity index (χ3n) is 4.37. The molecule has 4 nitrogen and oxygen atoms in total. The van der Waals surface area contributed by atoms with Crippen molar-refractivity contribution in [3.63, 3.8) is 0 Å². The van der Waals surface area contributed by atoms with Crippen LogP contribution in [0.1, 0.15) is 40.5 Å². The molecule has 124 valence electrons. The van der Waals surface area contributed by atoms with Crippen molar-refractivity contribution in [1.29, 1.82) is 0 Å². The van der Waals surface area contributed by atoms with E-state index in [1.54, 1.807) is 36.4 Å². The number of piperidine rings is 1. The van der Waals surface area contributed by atoms with E-state index in [4.69, 9.17) is 0 Å². The Hall–Kier alpha value is -2.62. The second-order valence-electron chi connectivity index (χ2n) is 6.40. The van der Waals surface area contributed by atoms with Gasteiger partial charge >= 0.3 is 0 Å². The summed E-state index contributed by atoms with van der Waals surface area (Å²) in [7, 11) is 0. The van der Waals surface area contributed by atoms with Gasteiger partial charge in [-0.05, 0) is 55.2 Å². The Morgan fingerprint density at radius 1 is 1.00 bits per heavy atom. The van der Waals surface area contributed by atoms with E-state index in [2.05, 4.69) is 12.2 Å². The van der Waals surface area contributed by atoms with E-state index in [1.807, 2.05) is 23.1 Å². The van der Waals surface area contributed by atoms with Gasteiger partial charge in [-0.1, -0.05) is 25.1 Å². The number of anilines is 1. The minimum absolute atomic E-state index is 0.0717. The van der Waals surface area contributed by atoms with Gasteiger partial charge in [0.15, 0.2) is 0 Å². The summed E-state index contributed by atoms with van der Waals surface area (Å²) in [6.07, 6.45) is 2.26. The molecular formula is C20H22N2O2. The first-order valence-electron chi connectivity index (χ1n) is 8.39. The highest BCUT2D eigenvalue weighted by atomic mass is 16.2. The SMILES string of the molecule is CC1CCCN(C(=O)c2ccc(NC(=O)c3ccccc3)cc2)C1. The summed E-state index contributed by atoms with van der Waals surface area (Å²) in [6, 6.07) is 16.2. The number of nitrogens with zero attached hydrogens (tertiary/aromatic N) is 1. The predicted octanol–water partition coefficient (Wildman–Crippen LogP) is 3.81. The molecule has 1 N–H and O–H groups in total. The molecule has 0 aromatic heterocycles. The zero-order chi connectivity index (χ0) is 16.9. The highest BCUT2D eigenvalue weighted by Crippen LogP contribution is 2.19. The second-order valence-corrected chi connectivity index (χ2v) is 6.40. The van der Waals surface area contributed by atoms with Gasteiger partial charge in [0, 0.05) is 29.9 Å². The first-order valence-corrected chi connectivity index (χ1v) is 8.39. The summed E-state index contributed by atoms with van der Waals surface area (Å²) in [6.45, 7) is 3.84. The van der Waals surface area contributed by atoms with Crippen LogP contribution in [0.4, 0.5) is 5.69 Å². The lowest BCUT2D eigenvalue weighted by molar-refractivity contribution is 0.0683. The molecule has 24 heavy (non-hydrogen) atoms. The largest absolute Gasteiger partial charge is 0.338 e. The quantitative estimate of drug-likeness (QED) is 0.934. The van der Waals surface area contributed by atoms with E-state index in [1.165, 1.54) is 6.42 Å². The molecule has 0 bridgehead atoms. The van der Waals surface area contributed by atoms with Crippen LogP contribution in [0.5, 0.6) is 0 Å². The molecule has 1 fully saturated rings. The number of amides is 2. The van der Waals surface area contributed by atoms with E-state index < -0.39 is 0 Å². The van der Waals surface area contributed by atoms with Crippen LogP contribution in [0.25, 0.3) is 0 Å². The average Bonchev–Trinajstić information content (AvgIpc) is 2.62. The lowest BCUT2D eigenvalue weighted by atomic mass is 9.99. The molecule has 1 aliphatic heterocycles. The first-order chi connectivity index (χ1) is 11.6. The van der Waals surface area contributed by atoms with Gasteiger partial charge in [0.2, 0.25) is 0 Å². The summed E-state index contributed by atoms with van der Waals surface area (Å²) in [5, 5.41) is 2.85. The molecule has 0 aliphatic carbocycles. The Bertz CT molecular complexity index is 710. The number of rotatable bonds is 3. The van der Waals surface area contributed by atoms with Gasteiger partial charge < -0.3 is 10.2 Å². The van der Waals surface area contributed by atoms with E-state index in [0.29, 0.717) is 22.7 Å². The van der Waals surface area contributed by atoms with Crippen LogP contribution in [0.15, 0.2) is 54.6 Å². The van der Waals surface area contributed by atoms with Gasteiger partial charge in [-0.15, -0.1) is 0 Å². The van der Waals surface area contributed by atoms with E-state index >= 15 is 0 Å². The fraction of sp³-hybridized carbons (Fsp3) is 0.300. The molecule has 2 aromatic carbocycles. The highest BCUT2D eigenvalue weighted by Gasteiger charge is 2.21. The molecule has 3 rings (SSSR count). The van der Waals surface area contributed by atoms with Crippen molar-refractivity contribution >= 4 is 17.5 Å². The topological polar surface area (TPSA) is 49.4 Å². The third-order valence-corrected chi connectivity index (χ3v) is 4.37. The smallest absolute Gasteiger partial charge is 0.255 e. The summed E-state index contributed by atoms with van der Waals surface area (Å²) in [5.74, 6) is 0.481. The van der Waals surface area contributed by atoms with Gasteiger partial charge in [-0.25, -0.2) is 0 Å². The first kappa shape index (κ1) is 16.2. The maximum Gasteiger partial charge on any atom is 0.255 e. The molecule has 4 heteroatoms. The van der Waals surface area contributed by atoms with Crippen molar-refractivity contribution in [2.24, 2.45) is 5.92 Å². The Morgan fingerprint density at radius 3 is 2.38 bits per heavy atom. The highest BCUT2D eigenvalue weighted by molar-refractivity contribution is 6.04. The van der Waals surface area contributed by atoms with Crippen LogP contribution in [0.2, 0.25) is 0 Å². The Morgan fingerprint density at radius 2 is 1.71 bits per heavy atom. The zero-order valence-corrected chi connectivity index (χ0v) is 13.9. The molecule has 1 heterocycles. The molecule has 1 saturated heterocycles. The monoisotopic (exact) mass is 322 g/mol. The molecule has 2 aromatic rings. The molecule has 1 unspecified atom stereocenters. The number of likely N-dealkylation sites (tertiary alicyclic amines) is 1. The van der Waals surface area contributed by atoms with Crippen LogP contribution in [-0.4, -0.2) is 29.8 Å². The number of hydrogen-bond donors (Lipinski definition) is 1. The lowest BCUT2D eigenvalue weighted by Crippen LogP contribution is -2.39.